The van der Waals surface area contributed by atoms with Gasteiger partial charge in [0.05, 0.1) is 47.6 Å². The summed E-state index contributed by atoms with van der Waals surface area (Å²) in [7, 11) is -4.07. The molecule has 0 unspecified atom stereocenters. The zero-order valence-corrected chi connectivity index (χ0v) is 24.4. The van der Waals surface area contributed by atoms with Crippen molar-refractivity contribution in [3.63, 3.8) is 0 Å². The van der Waals surface area contributed by atoms with Crippen LogP contribution in [0.1, 0.15) is 61.6 Å². The number of nitrogen functional groups attached to an aromatic ring is 1. The van der Waals surface area contributed by atoms with E-state index < -0.39 is 27.4 Å². The summed E-state index contributed by atoms with van der Waals surface area (Å²) in [6.45, 7) is 1.57. The lowest BCUT2D eigenvalue weighted by Gasteiger charge is -2.35. The molecule has 2 aliphatic carbocycles. The first-order valence-corrected chi connectivity index (χ1v) is 16.4. The van der Waals surface area contributed by atoms with Crippen molar-refractivity contribution in [3.8, 4) is 11.3 Å². The van der Waals surface area contributed by atoms with Gasteiger partial charge in [0, 0.05) is 23.4 Å². The van der Waals surface area contributed by atoms with Gasteiger partial charge in [0.15, 0.2) is 0 Å². The normalized spacial score (nSPS) is 21.2. The van der Waals surface area contributed by atoms with Crippen LogP contribution in [-0.4, -0.2) is 48.5 Å². The lowest BCUT2D eigenvalue weighted by atomic mass is 9.81. The summed E-state index contributed by atoms with van der Waals surface area (Å²) < 4.78 is 64.5. The minimum atomic E-state index is -4.07. The highest BCUT2D eigenvalue weighted by Crippen LogP contribution is 2.45. The van der Waals surface area contributed by atoms with Gasteiger partial charge in [-0.1, -0.05) is 24.3 Å². The van der Waals surface area contributed by atoms with E-state index in [0.717, 1.165) is 62.8 Å². The number of rotatable bonds is 9. The number of benzene rings is 2. The molecule has 2 aromatic heterocycles. The van der Waals surface area contributed by atoms with Crippen LogP contribution < -0.4 is 15.8 Å². The van der Waals surface area contributed by atoms with Gasteiger partial charge < -0.3 is 15.8 Å². The first-order valence-electron chi connectivity index (χ1n) is 14.8. The summed E-state index contributed by atoms with van der Waals surface area (Å²) in [6, 6.07) is 11.0. The summed E-state index contributed by atoms with van der Waals surface area (Å²) in [5.74, 6) is -1.38. The minimum Gasteiger partial charge on any atom is -0.383 e. The number of sulfonamides is 1. The van der Waals surface area contributed by atoms with Gasteiger partial charge in [-0.2, -0.15) is 5.10 Å². The molecule has 7 rings (SSSR count). The van der Waals surface area contributed by atoms with E-state index in [1.165, 1.54) is 30.3 Å². The molecule has 3 aliphatic rings. The summed E-state index contributed by atoms with van der Waals surface area (Å²) in [4.78, 5) is 4.56. The Labute approximate surface area is 248 Å². The number of nitrogens with one attached hydrogen (secondary N) is 2. The summed E-state index contributed by atoms with van der Waals surface area (Å²) >= 11 is 0. The Morgan fingerprint density at radius 1 is 0.977 bits per heavy atom. The number of hydrogen-bond donors (Lipinski definition) is 3. The smallest absolute Gasteiger partial charge is 0.237 e. The number of nitrogens with two attached hydrogens (primary N) is 1. The number of ether oxygens (including phenoxy) is 1. The number of anilines is 2. The topological polar surface area (TPSA) is 124 Å². The zero-order chi connectivity index (χ0) is 29.7. The first-order chi connectivity index (χ1) is 20.8. The van der Waals surface area contributed by atoms with Gasteiger partial charge in [-0.15, -0.1) is 0 Å². The van der Waals surface area contributed by atoms with Crippen molar-refractivity contribution < 1.29 is 21.9 Å². The fourth-order valence-corrected chi connectivity index (χ4v) is 7.52. The van der Waals surface area contributed by atoms with Crippen molar-refractivity contribution in [1.82, 2.24) is 20.1 Å². The van der Waals surface area contributed by atoms with Crippen LogP contribution in [-0.2, 0) is 20.5 Å². The molecule has 43 heavy (non-hydrogen) atoms. The van der Waals surface area contributed by atoms with E-state index in [9.17, 15) is 12.8 Å². The van der Waals surface area contributed by atoms with Gasteiger partial charge in [0.2, 0.25) is 10.0 Å². The molecule has 0 radical (unpaired) electrons. The van der Waals surface area contributed by atoms with E-state index in [2.05, 4.69) is 15.0 Å². The number of fused-ring (bicyclic) bond motifs is 1. The predicted octanol–water partition coefficient (Wildman–Crippen LogP) is 5.25. The Balaban J connectivity index is 1.18. The van der Waals surface area contributed by atoms with E-state index in [4.69, 9.17) is 15.6 Å². The van der Waals surface area contributed by atoms with Crippen molar-refractivity contribution in [2.75, 3.05) is 23.7 Å². The lowest BCUT2D eigenvalue weighted by Crippen LogP contribution is -2.51. The predicted molar refractivity (Wildman–Crippen MR) is 161 cm³/mol. The molecule has 4 N–H and O–H groups in total. The van der Waals surface area contributed by atoms with Crippen molar-refractivity contribution in [3.05, 3.63) is 71.4 Å². The standard InChI is InChI=1S/C31H34F2N6O3S/c32-25-4-2-1-3-20(25)17-43(40,41)38-27-12-7-19(13-26(27)33)29-28-30(39(37-29)23-10-11-23)24(14-35-31(28)34)18-5-8-21(9-6-18)36-22-15-42-16-22/h1-4,7,12-14,18,21-23,36,38H,5-6,8-11,15-17H2,(H2,34,35). The largest absolute Gasteiger partial charge is 0.383 e. The van der Waals surface area contributed by atoms with Gasteiger partial charge in [0.1, 0.15) is 23.1 Å². The third kappa shape index (κ3) is 5.71. The molecule has 0 amide bonds. The van der Waals surface area contributed by atoms with Gasteiger partial charge in [-0.05, 0) is 68.2 Å². The molecule has 12 heteroatoms. The maximum absolute atomic E-state index is 15.4. The molecule has 3 fully saturated rings. The molecule has 2 aromatic carbocycles. The van der Waals surface area contributed by atoms with Crippen LogP contribution in [0.4, 0.5) is 20.3 Å². The molecule has 1 aliphatic heterocycles. The fraction of sp³-hybridized carbons (Fsp3) is 0.419. The highest BCUT2D eigenvalue weighted by molar-refractivity contribution is 7.91. The molecule has 4 aromatic rings. The molecule has 226 valence electrons. The van der Waals surface area contributed by atoms with Crippen molar-refractivity contribution >= 4 is 32.4 Å². The fourth-order valence-electron chi connectivity index (χ4n) is 6.31. The first kappa shape index (κ1) is 28.2. The quantitative estimate of drug-likeness (QED) is 0.237. The van der Waals surface area contributed by atoms with Crippen molar-refractivity contribution in [2.24, 2.45) is 0 Å². The van der Waals surface area contributed by atoms with Crippen LogP contribution in [0.2, 0.25) is 0 Å². The summed E-state index contributed by atoms with van der Waals surface area (Å²) in [6.07, 6.45) is 8.08. The number of pyridine rings is 1. The molecule has 2 saturated carbocycles. The SMILES string of the molecule is Nc1ncc(C2CCC(NC3COC3)CC2)c2c1c(-c1ccc(NS(=O)(=O)Cc3ccccc3F)c(F)c1)nn2C1CC1. The van der Waals surface area contributed by atoms with E-state index >= 15 is 4.39 Å². The third-order valence-corrected chi connectivity index (χ3v) is 9.99. The van der Waals surface area contributed by atoms with E-state index in [1.54, 1.807) is 12.1 Å². The van der Waals surface area contributed by atoms with Crippen molar-refractivity contribution in [1.29, 1.82) is 0 Å². The van der Waals surface area contributed by atoms with Crippen LogP contribution in [0.25, 0.3) is 22.2 Å². The number of aromatic nitrogens is 3. The molecular weight excluding hydrogens is 574 g/mol. The second kappa shape index (κ2) is 11.1. The summed E-state index contributed by atoms with van der Waals surface area (Å²) in [5, 5.41) is 9.35. The number of halogens is 2. The second-order valence-electron chi connectivity index (χ2n) is 11.9. The Morgan fingerprint density at radius 3 is 2.42 bits per heavy atom. The van der Waals surface area contributed by atoms with Crippen LogP contribution in [0.15, 0.2) is 48.7 Å². The summed E-state index contributed by atoms with van der Waals surface area (Å²) in [5.41, 5.74) is 9.31. The minimum absolute atomic E-state index is 0.000561. The highest BCUT2D eigenvalue weighted by Gasteiger charge is 2.33. The van der Waals surface area contributed by atoms with Crippen LogP contribution in [0, 0.1) is 11.6 Å². The Bertz CT molecular complexity index is 1780. The van der Waals surface area contributed by atoms with Gasteiger partial charge in [0.25, 0.3) is 0 Å². The van der Waals surface area contributed by atoms with Crippen LogP contribution >= 0.6 is 0 Å². The second-order valence-corrected chi connectivity index (χ2v) is 13.7. The average Bonchev–Trinajstić information content (AvgIpc) is 3.73. The monoisotopic (exact) mass is 608 g/mol. The lowest BCUT2D eigenvalue weighted by molar-refractivity contribution is -0.0121. The Hall–Kier alpha value is -3.61. The van der Waals surface area contributed by atoms with E-state index in [0.29, 0.717) is 40.5 Å². The molecule has 0 bridgehead atoms. The van der Waals surface area contributed by atoms with Gasteiger partial charge in [-0.25, -0.2) is 22.2 Å². The highest BCUT2D eigenvalue weighted by atomic mass is 32.2. The molecule has 1 saturated heterocycles. The Kier molecular flexibility index (Phi) is 7.30. The number of hydrogen-bond acceptors (Lipinski definition) is 7. The van der Waals surface area contributed by atoms with Gasteiger partial charge in [-0.3, -0.25) is 9.40 Å². The van der Waals surface area contributed by atoms with Gasteiger partial charge >= 0.3 is 0 Å². The Morgan fingerprint density at radius 2 is 1.74 bits per heavy atom. The van der Waals surface area contributed by atoms with Crippen LogP contribution in [0.5, 0.6) is 0 Å². The molecule has 0 spiro atoms. The molecule has 0 atom stereocenters. The maximum atomic E-state index is 15.4. The maximum Gasteiger partial charge on any atom is 0.237 e. The van der Waals surface area contributed by atoms with E-state index in [1.807, 2.05) is 10.9 Å². The molecule has 9 nitrogen and oxygen atoms in total. The molecule has 3 heterocycles. The molecular formula is C31H34F2N6O3S. The average molecular weight is 609 g/mol. The van der Waals surface area contributed by atoms with Crippen LogP contribution in [0.3, 0.4) is 0 Å². The van der Waals surface area contributed by atoms with Crippen molar-refractivity contribution in [2.45, 2.75) is 68.3 Å². The number of nitrogens with zero attached hydrogens (tertiary/aromatic N) is 3. The van der Waals surface area contributed by atoms with E-state index in [-0.39, 0.29) is 17.3 Å². The zero-order valence-electron chi connectivity index (χ0n) is 23.6. The third-order valence-electron chi connectivity index (χ3n) is 8.76.